The standard InChI is InChI=1S/C72H46N2O/c1-2-16-48(17-3-1)66-46-54(53-35-34-51-33-32-49-18-4-6-22-57(49)65(51)45-53)39-43-70(66)73(69-31-13-10-26-61(69)62-27-15-28-63-64-42-38-50-19-5-7-23-58(50)71(64)75-72(62)63)55-40-36-47(37-41-55)52-20-14-21-56(44-52)74-67-29-11-8-24-59(67)60-25-9-12-30-68(60)74/h1-46H. The summed E-state index contributed by atoms with van der Waals surface area (Å²) in [5.74, 6) is 0. The fourth-order valence-electron chi connectivity index (χ4n) is 11.8. The van der Waals surface area contributed by atoms with Crippen LogP contribution in [0, 0.1) is 0 Å². The number of benzene rings is 13. The summed E-state index contributed by atoms with van der Waals surface area (Å²) in [4.78, 5) is 2.45. The largest absolute Gasteiger partial charge is 0.455 e. The molecule has 15 rings (SSSR count). The second-order valence-corrected chi connectivity index (χ2v) is 19.6. The molecule has 0 aliphatic rings. The molecule has 0 bridgehead atoms. The number of hydrogen-bond donors (Lipinski definition) is 0. The van der Waals surface area contributed by atoms with Crippen molar-refractivity contribution in [3.05, 3.63) is 279 Å². The Morgan fingerprint density at radius 1 is 0.267 bits per heavy atom. The van der Waals surface area contributed by atoms with Crippen molar-refractivity contribution in [2.45, 2.75) is 0 Å². The summed E-state index contributed by atoms with van der Waals surface area (Å²) in [6.45, 7) is 0. The van der Waals surface area contributed by atoms with Crippen LogP contribution in [-0.4, -0.2) is 4.57 Å². The summed E-state index contributed by atoms with van der Waals surface area (Å²) in [5.41, 5.74) is 17.4. The Morgan fingerprint density at radius 2 is 0.787 bits per heavy atom. The molecule has 0 spiro atoms. The van der Waals surface area contributed by atoms with Gasteiger partial charge in [-0.1, -0.05) is 212 Å². The van der Waals surface area contributed by atoms with Gasteiger partial charge in [0.2, 0.25) is 0 Å². The zero-order valence-corrected chi connectivity index (χ0v) is 40.9. The molecule has 2 aromatic heterocycles. The van der Waals surface area contributed by atoms with Crippen LogP contribution in [0.15, 0.2) is 283 Å². The van der Waals surface area contributed by atoms with Gasteiger partial charge in [0.25, 0.3) is 0 Å². The lowest BCUT2D eigenvalue weighted by Crippen LogP contribution is -2.12. The van der Waals surface area contributed by atoms with E-state index in [-0.39, 0.29) is 0 Å². The van der Waals surface area contributed by atoms with Crippen LogP contribution < -0.4 is 4.90 Å². The van der Waals surface area contributed by atoms with Crippen LogP contribution in [0.1, 0.15) is 0 Å². The monoisotopic (exact) mass is 954 g/mol. The first-order valence-electron chi connectivity index (χ1n) is 25.7. The van der Waals surface area contributed by atoms with E-state index in [4.69, 9.17) is 4.42 Å². The van der Waals surface area contributed by atoms with Crippen LogP contribution in [0.5, 0.6) is 0 Å². The van der Waals surface area contributed by atoms with Gasteiger partial charge in [0.1, 0.15) is 11.2 Å². The van der Waals surface area contributed by atoms with Crippen molar-refractivity contribution >= 4 is 93.1 Å². The van der Waals surface area contributed by atoms with Gasteiger partial charge in [0.15, 0.2) is 0 Å². The molecule has 13 aromatic carbocycles. The molecule has 15 aromatic rings. The number of hydrogen-bond acceptors (Lipinski definition) is 2. The van der Waals surface area contributed by atoms with Gasteiger partial charge in [0.05, 0.1) is 22.4 Å². The SMILES string of the molecule is c1ccc(-c2cc(-c3ccc4ccc5ccccc5c4c3)ccc2N(c2ccc(-c3cccc(-n4c5ccccc5c5ccccc54)c3)cc2)c2ccccc2-c2cccc3c2oc2c4ccccc4ccc32)cc1. The molecule has 0 aliphatic carbocycles. The number of aromatic nitrogens is 1. The molecule has 0 saturated heterocycles. The Hall–Kier alpha value is -9.96. The Kier molecular flexibility index (Phi) is 9.89. The van der Waals surface area contributed by atoms with Crippen molar-refractivity contribution < 1.29 is 4.42 Å². The molecule has 3 heteroatoms. The van der Waals surface area contributed by atoms with Crippen LogP contribution in [-0.2, 0) is 0 Å². The minimum Gasteiger partial charge on any atom is -0.455 e. The molecule has 350 valence electrons. The summed E-state index contributed by atoms with van der Waals surface area (Å²) >= 11 is 0. The second kappa shape index (κ2) is 17.4. The van der Waals surface area contributed by atoms with Gasteiger partial charge >= 0.3 is 0 Å². The van der Waals surface area contributed by atoms with Gasteiger partial charge in [0, 0.05) is 55.0 Å². The first-order valence-corrected chi connectivity index (χ1v) is 25.7. The van der Waals surface area contributed by atoms with Gasteiger partial charge in [-0.05, 0) is 121 Å². The van der Waals surface area contributed by atoms with E-state index in [2.05, 4.69) is 289 Å². The molecular formula is C72H46N2O. The van der Waals surface area contributed by atoms with E-state index in [0.717, 1.165) is 94.4 Å². The van der Waals surface area contributed by atoms with Gasteiger partial charge in [-0.3, -0.25) is 0 Å². The molecule has 0 fully saturated rings. The zero-order chi connectivity index (χ0) is 49.4. The molecule has 0 aliphatic heterocycles. The third kappa shape index (κ3) is 7.05. The summed E-state index contributed by atoms with van der Waals surface area (Å²) < 4.78 is 9.43. The predicted molar refractivity (Wildman–Crippen MR) is 317 cm³/mol. The van der Waals surface area contributed by atoms with E-state index < -0.39 is 0 Å². The summed E-state index contributed by atoms with van der Waals surface area (Å²) in [6, 6.07) is 102. The lowest BCUT2D eigenvalue weighted by Gasteiger charge is -2.30. The number of furan rings is 1. The summed E-state index contributed by atoms with van der Waals surface area (Å²) in [6.07, 6.45) is 0. The summed E-state index contributed by atoms with van der Waals surface area (Å²) in [7, 11) is 0. The highest BCUT2D eigenvalue weighted by molar-refractivity contribution is 6.18. The molecule has 0 N–H and O–H groups in total. The number of fused-ring (bicyclic) bond motifs is 11. The molecule has 0 radical (unpaired) electrons. The van der Waals surface area contributed by atoms with E-state index in [1.165, 1.54) is 48.9 Å². The highest BCUT2D eigenvalue weighted by atomic mass is 16.3. The lowest BCUT2D eigenvalue weighted by atomic mass is 9.93. The second-order valence-electron chi connectivity index (χ2n) is 19.6. The minimum atomic E-state index is 0.872. The number of para-hydroxylation sites is 4. The van der Waals surface area contributed by atoms with Crippen molar-refractivity contribution in [2.24, 2.45) is 0 Å². The van der Waals surface area contributed by atoms with E-state index in [1.54, 1.807) is 0 Å². The zero-order valence-electron chi connectivity index (χ0n) is 40.9. The van der Waals surface area contributed by atoms with Gasteiger partial charge in [-0.15, -0.1) is 0 Å². The lowest BCUT2D eigenvalue weighted by molar-refractivity contribution is 0.674. The quantitative estimate of drug-likeness (QED) is 0.142. The Labute approximate surface area is 434 Å². The number of anilines is 3. The fourth-order valence-corrected chi connectivity index (χ4v) is 11.8. The molecule has 3 nitrogen and oxygen atoms in total. The van der Waals surface area contributed by atoms with Crippen molar-refractivity contribution in [3.63, 3.8) is 0 Å². The first-order chi connectivity index (χ1) is 37.2. The third-order valence-electron chi connectivity index (χ3n) is 15.4. The average molecular weight is 955 g/mol. The Morgan fingerprint density at radius 3 is 1.59 bits per heavy atom. The van der Waals surface area contributed by atoms with E-state index >= 15 is 0 Å². The highest BCUT2D eigenvalue weighted by Crippen LogP contribution is 2.49. The average Bonchev–Trinajstić information content (AvgIpc) is 4.09. The van der Waals surface area contributed by atoms with Crippen LogP contribution in [0.3, 0.4) is 0 Å². The van der Waals surface area contributed by atoms with Crippen molar-refractivity contribution in [1.82, 2.24) is 4.57 Å². The maximum atomic E-state index is 7.04. The topological polar surface area (TPSA) is 21.3 Å². The minimum absolute atomic E-state index is 0.872. The molecule has 0 unspecified atom stereocenters. The molecular weight excluding hydrogens is 909 g/mol. The van der Waals surface area contributed by atoms with Gasteiger partial charge in [-0.25, -0.2) is 0 Å². The summed E-state index contributed by atoms with van der Waals surface area (Å²) in [5, 5.41) is 12.0. The normalized spacial score (nSPS) is 11.7. The molecule has 0 amide bonds. The van der Waals surface area contributed by atoms with E-state index in [0.29, 0.717) is 0 Å². The van der Waals surface area contributed by atoms with Crippen LogP contribution in [0.25, 0.3) is 126 Å². The van der Waals surface area contributed by atoms with Crippen LogP contribution >= 0.6 is 0 Å². The van der Waals surface area contributed by atoms with Crippen molar-refractivity contribution in [3.8, 4) is 50.2 Å². The van der Waals surface area contributed by atoms with Gasteiger partial charge in [-0.2, -0.15) is 0 Å². The van der Waals surface area contributed by atoms with Crippen molar-refractivity contribution in [2.75, 3.05) is 4.90 Å². The van der Waals surface area contributed by atoms with Gasteiger partial charge < -0.3 is 13.9 Å². The Bertz CT molecular complexity index is 4660. The third-order valence-corrected chi connectivity index (χ3v) is 15.4. The molecule has 2 heterocycles. The fraction of sp³-hybridized carbons (Fsp3) is 0. The predicted octanol–water partition coefficient (Wildman–Crippen LogP) is 20.3. The van der Waals surface area contributed by atoms with Crippen LogP contribution in [0.2, 0.25) is 0 Å². The number of rotatable bonds is 8. The van der Waals surface area contributed by atoms with Crippen LogP contribution in [0.4, 0.5) is 17.1 Å². The van der Waals surface area contributed by atoms with E-state index in [9.17, 15) is 0 Å². The maximum absolute atomic E-state index is 7.04. The van der Waals surface area contributed by atoms with E-state index in [1.807, 2.05) is 0 Å². The first kappa shape index (κ1) is 42.7. The van der Waals surface area contributed by atoms with Crippen molar-refractivity contribution in [1.29, 1.82) is 0 Å². The molecule has 75 heavy (non-hydrogen) atoms. The highest BCUT2D eigenvalue weighted by Gasteiger charge is 2.24. The maximum Gasteiger partial charge on any atom is 0.143 e. The molecule has 0 atom stereocenters. The smallest absolute Gasteiger partial charge is 0.143 e. The molecule has 0 saturated carbocycles. The Balaban J connectivity index is 0.923. The number of nitrogens with zero attached hydrogens (tertiary/aromatic N) is 2.